The summed E-state index contributed by atoms with van der Waals surface area (Å²) >= 11 is 0. The first-order valence-corrected chi connectivity index (χ1v) is 7.09. The number of hydrogen-bond donors (Lipinski definition) is 2. The Morgan fingerprint density at radius 2 is 2.00 bits per heavy atom. The first-order chi connectivity index (χ1) is 11.4. The molecular weight excluding hydrogens is 316 g/mol. The molecule has 2 unspecified atom stereocenters. The van der Waals surface area contributed by atoms with Gasteiger partial charge in [-0.2, -0.15) is 5.10 Å². The van der Waals surface area contributed by atoms with Crippen molar-refractivity contribution in [1.82, 2.24) is 5.01 Å². The molecule has 0 aliphatic carbocycles. The number of methoxy groups -OCH3 is 2. The molecule has 3 rings (SSSR count). The molecule has 0 aromatic heterocycles. The van der Waals surface area contributed by atoms with Crippen LogP contribution in [-0.2, 0) is 19.1 Å². The first kappa shape index (κ1) is 15.9. The largest absolute Gasteiger partial charge is 0.466 e. The van der Waals surface area contributed by atoms with Crippen molar-refractivity contribution in [3.63, 3.8) is 0 Å². The van der Waals surface area contributed by atoms with Gasteiger partial charge in [0.15, 0.2) is 11.5 Å². The molecule has 126 valence electrons. The van der Waals surface area contributed by atoms with Crippen LogP contribution in [0, 0.1) is 0 Å². The summed E-state index contributed by atoms with van der Waals surface area (Å²) in [6, 6.07) is 6.05. The fraction of sp³-hybridized carbons (Fsp3) is 0.333. The highest BCUT2D eigenvalue weighted by atomic mass is 16.5. The molecule has 0 amide bonds. The fourth-order valence-corrected chi connectivity index (χ4v) is 2.73. The van der Waals surface area contributed by atoms with Crippen LogP contribution in [0.5, 0.6) is 0 Å². The number of likely N-dealkylation sites (N-methyl/N-ethyl adjacent to an activating group) is 1. The van der Waals surface area contributed by atoms with Gasteiger partial charge in [0.1, 0.15) is 6.04 Å². The number of rotatable bonds is 2. The van der Waals surface area contributed by atoms with E-state index in [-0.39, 0.29) is 5.84 Å². The average Bonchev–Trinajstić information content (AvgIpc) is 2.62. The van der Waals surface area contributed by atoms with Gasteiger partial charge in [0, 0.05) is 7.05 Å². The number of nitrogens with one attached hydrogen (secondary N) is 1. The minimum Gasteiger partial charge on any atom is -0.466 e. The molecule has 0 radical (unpaired) electrons. The predicted octanol–water partition coefficient (Wildman–Crippen LogP) is -0.111. The van der Waals surface area contributed by atoms with Crippen LogP contribution in [0.4, 0.5) is 11.4 Å². The Morgan fingerprint density at radius 1 is 1.29 bits per heavy atom. The maximum absolute atomic E-state index is 12.3. The Kier molecular flexibility index (Phi) is 3.72. The zero-order chi connectivity index (χ0) is 17.5. The minimum absolute atomic E-state index is 0.272. The molecule has 24 heavy (non-hydrogen) atoms. The lowest BCUT2D eigenvalue weighted by molar-refractivity contribution is -0.157. The molecule has 0 fully saturated rings. The molecule has 9 nitrogen and oxygen atoms in total. The summed E-state index contributed by atoms with van der Waals surface area (Å²) < 4.78 is 9.34. The van der Waals surface area contributed by atoms with Gasteiger partial charge in [-0.1, -0.05) is 12.1 Å². The number of fused-ring (bicyclic) bond motifs is 2. The number of hydrogen-bond acceptors (Lipinski definition) is 9. The van der Waals surface area contributed by atoms with Gasteiger partial charge in [-0.15, -0.1) is 0 Å². The van der Waals surface area contributed by atoms with E-state index >= 15 is 0 Å². The number of esters is 2. The summed E-state index contributed by atoms with van der Waals surface area (Å²) in [4.78, 5) is 28.8. The van der Waals surface area contributed by atoms with Gasteiger partial charge in [0.2, 0.25) is 5.60 Å². The number of aliphatic hydroxyl groups is 1. The van der Waals surface area contributed by atoms with Crippen LogP contribution in [0.1, 0.15) is 0 Å². The molecule has 2 heterocycles. The molecule has 2 aliphatic rings. The van der Waals surface area contributed by atoms with Crippen molar-refractivity contribution in [2.75, 3.05) is 26.6 Å². The summed E-state index contributed by atoms with van der Waals surface area (Å²) in [6.07, 6.45) is 0. The molecule has 1 aromatic rings. The van der Waals surface area contributed by atoms with Crippen molar-refractivity contribution in [3.05, 3.63) is 24.3 Å². The van der Waals surface area contributed by atoms with Crippen molar-refractivity contribution in [1.29, 1.82) is 0 Å². The number of aliphatic imine (C=N–C) groups is 1. The van der Waals surface area contributed by atoms with Crippen molar-refractivity contribution < 1.29 is 24.2 Å². The highest BCUT2D eigenvalue weighted by Gasteiger charge is 2.59. The molecule has 1 aromatic carbocycles. The topological polar surface area (TPSA) is 113 Å². The molecular formula is C15H16N4O5. The molecule has 2 N–H and O–H groups in total. The maximum Gasteiger partial charge on any atom is 0.358 e. The number of anilines is 1. The number of nitrogens with zero attached hydrogens (tertiary/aromatic N) is 3. The summed E-state index contributed by atoms with van der Waals surface area (Å²) in [7, 11) is 3.80. The third-order valence-corrected chi connectivity index (χ3v) is 3.93. The van der Waals surface area contributed by atoms with Gasteiger partial charge in [-0.25, -0.2) is 14.6 Å². The Bertz CT molecular complexity index is 775. The second-order valence-electron chi connectivity index (χ2n) is 5.29. The monoisotopic (exact) mass is 332 g/mol. The minimum atomic E-state index is -2.37. The molecule has 0 bridgehead atoms. The number of para-hydroxylation sites is 2. The number of benzene rings is 1. The van der Waals surface area contributed by atoms with E-state index in [4.69, 9.17) is 4.74 Å². The predicted molar refractivity (Wildman–Crippen MR) is 85.1 cm³/mol. The standard InChI is InChI=1S/C15H16N4O5/c1-19-12-10(16-8-6-4-5-7-9(8)17-12)15(22,14(21)24-3)11(18-19)13(20)23-2/h4-7,10,16,22H,1-3H3. The van der Waals surface area contributed by atoms with Gasteiger partial charge >= 0.3 is 11.9 Å². The number of carbonyl (C=O) groups is 2. The Morgan fingerprint density at radius 3 is 2.67 bits per heavy atom. The quantitative estimate of drug-likeness (QED) is 0.727. The van der Waals surface area contributed by atoms with Gasteiger partial charge in [0.05, 0.1) is 25.6 Å². The van der Waals surface area contributed by atoms with E-state index in [1.807, 2.05) is 6.07 Å². The van der Waals surface area contributed by atoms with E-state index in [1.165, 1.54) is 5.01 Å². The Balaban J connectivity index is 2.20. The van der Waals surface area contributed by atoms with Crippen LogP contribution in [0.25, 0.3) is 0 Å². The highest BCUT2D eigenvalue weighted by Crippen LogP contribution is 2.36. The Hall–Kier alpha value is -2.94. The van der Waals surface area contributed by atoms with E-state index in [1.54, 1.807) is 25.2 Å². The van der Waals surface area contributed by atoms with Gasteiger partial charge in [0.25, 0.3) is 0 Å². The lowest BCUT2D eigenvalue weighted by Crippen LogP contribution is -2.69. The van der Waals surface area contributed by atoms with E-state index in [9.17, 15) is 14.7 Å². The fourth-order valence-electron chi connectivity index (χ4n) is 2.73. The second-order valence-corrected chi connectivity index (χ2v) is 5.29. The zero-order valence-corrected chi connectivity index (χ0v) is 13.3. The lowest BCUT2D eigenvalue weighted by atomic mass is 9.85. The number of ether oxygens (including phenoxy) is 2. The zero-order valence-electron chi connectivity index (χ0n) is 13.3. The molecule has 0 saturated carbocycles. The maximum atomic E-state index is 12.3. The van der Waals surface area contributed by atoms with E-state index in [2.05, 4.69) is 20.1 Å². The molecule has 2 aliphatic heterocycles. The van der Waals surface area contributed by atoms with Gasteiger partial charge in [-0.05, 0) is 12.1 Å². The number of amidine groups is 1. The van der Waals surface area contributed by atoms with Crippen LogP contribution >= 0.6 is 0 Å². The Labute approximate surface area is 137 Å². The smallest absolute Gasteiger partial charge is 0.358 e. The van der Waals surface area contributed by atoms with E-state index in [0.717, 1.165) is 14.2 Å². The average molecular weight is 332 g/mol. The van der Waals surface area contributed by atoms with Crippen molar-refractivity contribution in [2.45, 2.75) is 11.6 Å². The van der Waals surface area contributed by atoms with Gasteiger partial charge < -0.3 is 19.9 Å². The van der Waals surface area contributed by atoms with E-state index < -0.39 is 29.3 Å². The summed E-state index contributed by atoms with van der Waals surface area (Å²) in [6.45, 7) is 0. The van der Waals surface area contributed by atoms with Crippen molar-refractivity contribution in [2.24, 2.45) is 10.1 Å². The van der Waals surface area contributed by atoms with Gasteiger partial charge in [-0.3, -0.25) is 5.01 Å². The van der Waals surface area contributed by atoms with Crippen LogP contribution in [0.15, 0.2) is 34.4 Å². The van der Waals surface area contributed by atoms with Crippen LogP contribution in [0.2, 0.25) is 0 Å². The molecule has 9 heteroatoms. The number of hydrazone groups is 1. The summed E-state index contributed by atoms with van der Waals surface area (Å²) in [5.41, 5.74) is -1.62. The summed E-state index contributed by atoms with van der Waals surface area (Å²) in [5.74, 6) is -1.70. The van der Waals surface area contributed by atoms with Crippen molar-refractivity contribution >= 4 is 34.9 Å². The second kappa shape index (κ2) is 5.60. The van der Waals surface area contributed by atoms with Crippen LogP contribution < -0.4 is 5.32 Å². The lowest BCUT2D eigenvalue weighted by Gasteiger charge is -2.42. The highest BCUT2D eigenvalue weighted by molar-refractivity contribution is 6.46. The third kappa shape index (κ3) is 2.13. The van der Waals surface area contributed by atoms with Crippen LogP contribution in [0.3, 0.4) is 0 Å². The molecule has 0 spiro atoms. The normalized spacial score (nSPS) is 24.7. The van der Waals surface area contributed by atoms with Crippen molar-refractivity contribution in [3.8, 4) is 0 Å². The summed E-state index contributed by atoms with van der Waals surface area (Å²) in [5, 5.41) is 19.4. The number of carbonyl (C=O) groups excluding carboxylic acids is 2. The third-order valence-electron chi connectivity index (χ3n) is 3.93. The first-order valence-electron chi connectivity index (χ1n) is 7.09. The van der Waals surface area contributed by atoms with Crippen LogP contribution in [-0.4, -0.2) is 66.5 Å². The molecule has 2 atom stereocenters. The molecule has 0 saturated heterocycles. The SMILES string of the molecule is COC(=O)C1=NN(C)C2=Nc3ccccc3NC2C1(O)C(=O)OC. The van der Waals surface area contributed by atoms with E-state index in [0.29, 0.717) is 11.4 Å².